The van der Waals surface area contributed by atoms with Gasteiger partial charge < -0.3 is 19.6 Å². The van der Waals surface area contributed by atoms with Crippen molar-refractivity contribution in [1.82, 2.24) is 9.80 Å². The van der Waals surface area contributed by atoms with Gasteiger partial charge in [-0.25, -0.2) is 4.39 Å². The zero-order valence-corrected chi connectivity index (χ0v) is 22.4. The van der Waals surface area contributed by atoms with Gasteiger partial charge in [0.25, 0.3) is 17.6 Å². The summed E-state index contributed by atoms with van der Waals surface area (Å²) in [6.45, 7) is 7.65. The lowest BCUT2D eigenvalue weighted by Crippen LogP contribution is -2.52. The van der Waals surface area contributed by atoms with Crippen molar-refractivity contribution in [3.05, 3.63) is 70.5 Å². The molecule has 0 aliphatic carbocycles. The van der Waals surface area contributed by atoms with Gasteiger partial charge in [-0.3, -0.25) is 19.3 Å². The smallest absolute Gasteiger partial charge is 0.296 e. The maximum atomic E-state index is 14.5. The summed E-state index contributed by atoms with van der Waals surface area (Å²) < 4.78 is 19.9. The number of morpholine rings is 1. The van der Waals surface area contributed by atoms with Crippen molar-refractivity contribution in [2.24, 2.45) is 0 Å². The van der Waals surface area contributed by atoms with Crippen LogP contribution in [0.1, 0.15) is 42.9 Å². The Morgan fingerprint density at radius 2 is 1.77 bits per heavy atom. The minimum absolute atomic E-state index is 0.0427. The average molecular weight is 536 g/mol. The maximum absolute atomic E-state index is 14.5. The fraction of sp³-hybridized carbons (Fsp3) is 0.433. The topological polar surface area (TPSA) is 90.4 Å². The van der Waals surface area contributed by atoms with E-state index in [-0.39, 0.29) is 17.7 Å². The van der Waals surface area contributed by atoms with E-state index in [2.05, 4.69) is 4.90 Å². The molecule has 5 rings (SSSR count). The first kappa shape index (κ1) is 27.0. The summed E-state index contributed by atoms with van der Waals surface area (Å²) in [6.07, 6.45) is 2.10. The summed E-state index contributed by atoms with van der Waals surface area (Å²) in [5, 5.41) is 11.5. The van der Waals surface area contributed by atoms with Gasteiger partial charge in [0.1, 0.15) is 11.6 Å². The molecule has 2 saturated heterocycles. The van der Waals surface area contributed by atoms with Crippen LogP contribution < -0.4 is 4.90 Å². The van der Waals surface area contributed by atoms with Gasteiger partial charge in [0.15, 0.2) is 5.54 Å². The third-order valence-corrected chi connectivity index (χ3v) is 7.95. The average Bonchev–Trinajstić information content (AvgIpc) is 3.32. The molecule has 0 aromatic heterocycles. The molecule has 2 aromatic rings. The lowest BCUT2D eigenvalue weighted by molar-refractivity contribution is -0.143. The summed E-state index contributed by atoms with van der Waals surface area (Å²) in [4.78, 5) is 47.0. The molecule has 1 spiro atoms. The van der Waals surface area contributed by atoms with E-state index < -0.39 is 34.7 Å². The normalized spacial score (nSPS) is 22.8. The number of fused-ring (bicyclic) bond motifs is 2. The van der Waals surface area contributed by atoms with Crippen molar-refractivity contribution in [2.45, 2.75) is 38.6 Å². The number of para-hydroxylation sites is 1. The van der Waals surface area contributed by atoms with Crippen LogP contribution in [0.25, 0.3) is 5.76 Å². The Morgan fingerprint density at radius 1 is 1.03 bits per heavy atom. The van der Waals surface area contributed by atoms with E-state index >= 15 is 0 Å². The zero-order chi connectivity index (χ0) is 27.7. The maximum Gasteiger partial charge on any atom is 0.296 e. The highest BCUT2D eigenvalue weighted by molar-refractivity contribution is 6.50. The molecule has 2 aromatic carbocycles. The van der Waals surface area contributed by atoms with Crippen LogP contribution in [0.15, 0.2) is 48.0 Å². The Balaban J connectivity index is 1.65. The van der Waals surface area contributed by atoms with Gasteiger partial charge in [-0.05, 0) is 37.5 Å². The molecule has 2 fully saturated rings. The van der Waals surface area contributed by atoms with Crippen LogP contribution in [0.2, 0.25) is 0 Å². The Bertz CT molecular complexity index is 1340. The predicted molar refractivity (Wildman–Crippen MR) is 145 cm³/mol. The number of aliphatic hydroxyl groups excluding tert-OH is 1. The van der Waals surface area contributed by atoms with Crippen LogP contribution in [0, 0.1) is 12.7 Å². The number of carbonyl (C=O) groups excluding carboxylic acids is 3. The fourth-order valence-electron chi connectivity index (χ4n) is 5.87. The quantitative estimate of drug-likeness (QED) is 0.316. The van der Waals surface area contributed by atoms with Crippen molar-refractivity contribution in [1.29, 1.82) is 0 Å². The molecular formula is C30H34FN3O5. The van der Waals surface area contributed by atoms with Gasteiger partial charge in [-0.1, -0.05) is 43.7 Å². The molecule has 9 heteroatoms. The molecule has 2 amide bonds. The van der Waals surface area contributed by atoms with Crippen molar-refractivity contribution in [2.75, 3.05) is 50.8 Å². The van der Waals surface area contributed by atoms with Crippen LogP contribution in [-0.2, 0) is 24.7 Å². The minimum Gasteiger partial charge on any atom is -0.507 e. The highest BCUT2D eigenvalue weighted by atomic mass is 19.1. The Morgan fingerprint density at radius 3 is 2.49 bits per heavy atom. The van der Waals surface area contributed by atoms with E-state index in [1.165, 1.54) is 17.0 Å². The van der Waals surface area contributed by atoms with Gasteiger partial charge in [0.05, 0.1) is 24.5 Å². The molecule has 3 aliphatic rings. The molecule has 0 radical (unpaired) electrons. The molecule has 1 atom stereocenters. The van der Waals surface area contributed by atoms with Crippen molar-refractivity contribution >= 4 is 29.0 Å². The second-order valence-corrected chi connectivity index (χ2v) is 10.3. The van der Waals surface area contributed by atoms with Gasteiger partial charge in [0, 0.05) is 43.9 Å². The lowest BCUT2D eigenvalue weighted by atomic mass is 9.81. The number of ketones is 1. The number of hydrogen-bond acceptors (Lipinski definition) is 6. The number of carbonyl (C=O) groups is 3. The SMILES string of the molecule is CCCCN1C(=O)[C@]2(C(=C(O)c3ccc(C)c(F)c3)C(=O)C(=O)N2CCCN2CCOCC2)c2ccccc21. The fourth-order valence-corrected chi connectivity index (χ4v) is 5.87. The number of unbranched alkanes of at least 4 members (excludes halogenated alkanes) is 1. The Kier molecular flexibility index (Phi) is 7.55. The molecule has 206 valence electrons. The van der Waals surface area contributed by atoms with Gasteiger partial charge in [0.2, 0.25) is 0 Å². The van der Waals surface area contributed by atoms with E-state index in [9.17, 15) is 23.9 Å². The van der Waals surface area contributed by atoms with E-state index in [0.29, 0.717) is 49.5 Å². The zero-order valence-electron chi connectivity index (χ0n) is 22.4. The summed E-state index contributed by atoms with van der Waals surface area (Å²) >= 11 is 0. The van der Waals surface area contributed by atoms with Gasteiger partial charge >= 0.3 is 0 Å². The molecule has 39 heavy (non-hydrogen) atoms. The summed E-state index contributed by atoms with van der Waals surface area (Å²) in [5.41, 5.74) is -0.630. The van der Waals surface area contributed by atoms with Gasteiger partial charge in [-0.2, -0.15) is 0 Å². The number of amides is 2. The van der Waals surface area contributed by atoms with E-state index in [0.717, 1.165) is 32.0 Å². The summed E-state index contributed by atoms with van der Waals surface area (Å²) in [7, 11) is 0. The number of hydrogen-bond donors (Lipinski definition) is 1. The van der Waals surface area contributed by atoms with E-state index in [1.54, 1.807) is 30.0 Å². The highest BCUT2D eigenvalue weighted by Crippen LogP contribution is 2.53. The molecule has 0 saturated carbocycles. The number of Topliss-reactive ketones (excluding diaryl/α,β-unsaturated/α-hetero) is 1. The first-order valence-corrected chi connectivity index (χ1v) is 13.6. The molecule has 0 unspecified atom stereocenters. The van der Waals surface area contributed by atoms with Crippen molar-refractivity contribution < 1.29 is 28.6 Å². The number of aliphatic hydroxyl groups is 1. The third-order valence-electron chi connectivity index (χ3n) is 7.95. The van der Waals surface area contributed by atoms with Crippen LogP contribution in [0.3, 0.4) is 0 Å². The van der Waals surface area contributed by atoms with Crippen LogP contribution in [-0.4, -0.2) is 78.4 Å². The van der Waals surface area contributed by atoms with Crippen molar-refractivity contribution in [3.63, 3.8) is 0 Å². The van der Waals surface area contributed by atoms with Crippen LogP contribution in [0.4, 0.5) is 10.1 Å². The Labute approximate surface area is 227 Å². The Hall–Kier alpha value is -3.56. The van der Waals surface area contributed by atoms with Gasteiger partial charge in [-0.15, -0.1) is 0 Å². The lowest BCUT2D eigenvalue weighted by Gasteiger charge is -2.35. The van der Waals surface area contributed by atoms with E-state index in [4.69, 9.17) is 4.74 Å². The monoisotopic (exact) mass is 535 g/mol. The molecule has 8 nitrogen and oxygen atoms in total. The second kappa shape index (κ2) is 10.9. The molecule has 3 heterocycles. The number of halogens is 1. The molecule has 3 aliphatic heterocycles. The number of benzene rings is 2. The number of likely N-dealkylation sites (tertiary alicyclic amines) is 1. The summed E-state index contributed by atoms with van der Waals surface area (Å²) in [5.74, 6) is -3.34. The van der Waals surface area contributed by atoms with E-state index in [1.807, 2.05) is 13.0 Å². The van der Waals surface area contributed by atoms with Crippen molar-refractivity contribution in [3.8, 4) is 0 Å². The second-order valence-electron chi connectivity index (χ2n) is 10.3. The van der Waals surface area contributed by atoms with Crippen LogP contribution in [0.5, 0.6) is 0 Å². The predicted octanol–water partition coefficient (Wildman–Crippen LogP) is 3.58. The number of nitrogens with zero attached hydrogens (tertiary/aromatic N) is 3. The minimum atomic E-state index is -1.82. The number of aryl methyl sites for hydroxylation is 1. The number of anilines is 1. The van der Waals surface area contributed by atoms with Crippen LogP contribution >= 0.6 is 0 Å². The number of rotatable bonds is 8. The molecular weight excluding hydrogens is 501 g/mol. The third kappa shape index (κ3) is 4.43. The standard InChI is InChI=1S/C30H34FN3O5/c1-3-4-13-33-24-9-6-5-8-22(24)30(29(33)38)25(26(35)21-11-10-20(2)23(31)19-21)27(36)28(37)34(30)14-7-12-32-15-17-39-18-16-32/h5-6,8-11,19,35H,3-4,7,12-18H2,1-2H3/t30-/m1/s1. The molecule has 0 bridgehead atoms. The number of ether oxygens (including phenoxy) is 1. The highest BCUT2D eigenvalue weighted by Gasteiger charge is 2.66. The first-order valence-electron chi connectivity index (χ1n) is 13.6. The summed E-state index contributed by atoms with van der Waals surface area (Å²) in [6, 6.07) is 11.2. The molecule has 1 N–H and O–H groups in total. The largest absolute Gasteiger partial charge is 0.507 e. The first-order chi connectivity index (χ1) is 18.8.